The molecule has 74 valence electrons. The lowest BCUT2D eigenvalue weighted by atomic mass is 10.3. The van der Waals surface area contributed by atoms with Crippen molar-refractivity contribution < 1.29 is 8.42 Å². The fourth-order valence-electron chi connectivity index (χ4n) is 1.08. The van der Waals surface area contributed by atoms with Crippen molar-refractivity contribution in [1.82, 2.24) is 4.98 Å². The number of aromatic nitrogens is 1. The molecule has 3 nitrogen and oxygen atoms in total. The molecule has 14 heavy (non-hydrogen) atoms. The van der Waals surface area contributed by atoms with Gasteiger partial charge in [-0.25, -0.2) is 8.42 Å². The fourth-order valence-corrected chi connectivity index (χ4v) is 2.54. The van der Waals surface area contributed by atoms with E-state index < -0.39 is 10.7 Å². The molecule has 0 saturated carbocycles. The second-order valence-electron chi connectivity index (χ2n) is 2.66. The van der Waals surface area contributed by atoms with Gasteiger partial charge in [-0.3, -0.25) is 0 Å². The van der Waals surface area contributed by atoms with Crippen LogP contribution in [0.2, 0.25) is 5.02 Å². The first-order chi connectivity index (χ1) is 6.66. The quantitative estimate of drug-likeness (QED) is 0.801. The summed E-state index contributed by atoms with van der Waals surface area (Å²) in [6.45, 7) is 0. The number of halogens is 1. The van der Waals surface area contributed by atoms with Crippen molar-refractivity contribution in [3.63, 3.8) is 0 Å². The topological polar surface area (TPSA) is 49.9 Å². The Labute approximate surface area is 91.3 Å². The largest absolute Gasteiger partial charge is 0.359 e. The molecule has 0 radical (unpaired) electrons. The molecule has 0 saturated heterocycles. The van der Waals surface area contributed by atoms with Gasteiger partial charge in [0.2, 0.25) is 0 Å². The Morgan fingerprint density at radius 3 is 2.64 bits per heavy atom. The zero-order chi connectivity index (χ0) is 10.1. The fraction of sp³-hybridized carbons (Fsp3) is 0. The van der Waals surface area contributed by atoms with E-state index >= 15 is 0 Å². The van der Waals surface area contributed by atoms with Crippen molar-refractivity contribution in [3.05, 3.63) is 28.7 Å². The monoisotopic (exact) mass is 247 g/mol. The smallest absolute Gasteiger partial charge is 0.169 e. The molecule has 0 fully saturated rings. The molecule has 0 spiro atoms. The SMILES string of the molecule is O=[SH](=O)c1c[nH]c(-c2cc(Cl)cs2)c1. The predicted octanol–water partition coefficient (Wildman–Crippen LogP) is 2.37. The summed E-state index contributed by atoms with van der Waals surface area (Å²) >= 11 is 7.22. The summed E-state index contributed by atoms with van der Waals surface area (Å²) in [6, 6.07) is 3.38. The lowest BCUT2D eigenvalue weighted by molar-refractivity contribution is 0.614. The summed E-state index contributed by atoms with van der Waals surface area (Å²) < 4.78 is 21.3. The van der Waals surface area contributed by atoms with Crippen molar-refractivity contribution in [3.8, 4) is 10.6 Å². The van der Waals surface area contributed by atoms with Crippen LogP contribution in [0, 0.1) is 0 Å². The molecular weight excluding hydrogens is 242 g/mol. The normalized spacial score (nSPS) is 11.0. The average Bonchev–Trinajstić information content (AvgIpc) is 2.70. The van der Waals surface area contributed by atoms with E-state index in [1.807, 2.05) is 0 Å². The zero-order valence-electron chi connectivity index (χ0n) is 6.86. The third-order valence-corrected chi connectivity index (χ3v) is 3.70. The summed E-state index contributed by atoms with van der Waals surface area (Å²) in [6.07, 6.45) is 1.47. The molecule has 0 amide bonds. The molecule has 0 aliphatic carbocycles. The molecule has 2 aromatic heterocycles. The summed E-state index contributed by atoms with van der Waals surface area (Å²) in [7, 11) is -2.52. The van der Waals surface area contributed by atoms with Crippen molar-refractivity contribution in [2.45, 2.75) is 4.90 Å². The standard InChI is InChI=1S/C8H6ClNO2S2/c9-5-1-8(13-4-5)7-2-6(3-10-7)14(11)12/h1-4,10,14H. The van der Waals surface area contributed by atoms with E-state index in [0.717, 1.165) is 10.6 Å². The number of H-pyrrole nitrogens is 1. The molecule has 0 atom stereocenters. The first kappa shape index (κ1) is 9.76. The Morgan fingerprint density at radius 2 is 2.14 bits per heavy atom. The molecule has 0 aliphatic rings. The molecule has 2 rings (SSSR count). The van der Waals surface area contributed by atoms with E-state index in [4.69, 9.17) is 11.6 Å². The van der Waals surface area contributed by atoms with Gasteiger partial charge >= 0.3 is 0 Å². The van der Waals surface area contributed by atoms with Gasteiger partial charge in [-0.05, 0) is 12.1 Å². The number of aromatic amines is 1. The highest BCUT2D eigenvalue weighted by Gasteiger charge is 2.05. The number of hydrogen-bond donors (Lipinski definition) is 2. The van der Waals surface area contributed by atoms with Gasteiger partial charge < -0.3 is 4.98 Å². The highest BCUT2D eigenvalue weighted by atomic mass is 35.5. The van der Waals surface area contributed by atoms with Gasteiger partial charge in [-0.15, -0.1) is 11.3 Å². The van der Waals surface area contributed by atoms with Crippen LogP contribution in [0.3, 0.4) is 0 Å². The van der Waals surface area contributed by atoms with Gasteiger partial charge in [0.05, 0.1) is 20.5 Å². The van der Waals surface area contributed by atoms with Crippen LogP contribution < -0.4 is 0 Å². The third-order valence-electron chi connectivity index (χ3n) is 1.71. The first-order valence-corrected chi connectivity index (χ1v) is 6.17. The zero-order valence-corrected chi connectivity index (χ0v) is 9.33. The van der Waals surface area contributed by atoms with Crippen LogP contribution in [0.15, 0.2) is 28.6 Å². The Morgan fingerprint density at radius 1 is 1.36 bits per heavy atom. The minimum absolute atomic E-state index is 0.291. The Balaban J connectivity index is 2.43. The third kappa shape index (κ3) is 1.84. The van der Waals surface area contributed by atoms with Crippen LogP contribution >= 0.6 is 22.9 Å². The number of rotatable bonds is 2. The van der Waals surface area contributed by atoms with Crippen LogP contribution in [0.4, 0.5) is 0 Å². The number of thiophene rings is 1. The highest BCUT2D eigenvalue weighted by Crippen LogP contribution is 2.29. The molecule has 0 aromatic carbocycles. The second-order valence-corrected chi connectivity index (χ2v) is 5.04. The molecule has 1 N–H and O–H groups in total. The molecule has 6 heteroatoms. The van der Waals surface area contributed by atoms with E-state index in [1.54, 1.807) is 17.5 Å². The summed E-state index contributed by atoms with van der Waals surface area (Å²) in [5, 5.41) is 2.46. The van der Waals surface area contributed by atoms with Crippen molar-refractivity contribution >= 4 is 33.6 Å². The maximum absolute atomic E-state index is 10.6. The predicted molar refractivity (Wildman–Crippen MR) is 57.7 cm³/mol. The van der Waals surface area contributed by atoms with Crippen LogP contribution in [-0.2, 0) is 10.7 Å². The Bertz CT molecular complexity index is 519. The molecule has 2 aromatic rings. The van der Waals surface area contributed by atoms with E-state index in [9.17, 15) is 8.42 Å². The van der Waals surface area contributed by atoms with Crippen molar-refractivity contribution in [1.29, 1.82) is 0 Å². The summed E-state index contributed by atoms with van der Waals surface area (Å²) in [5.74, 6) is 0. The first-order valence-electron chi connectivity index (χ1n) is 3.74. The minimum atomic E-state index is -2.52. The van der Waals surface area contributed by atoms with Gasteiger partial charge in [0.25, 0.3) is 0 Å². The second kappa shape index (κ2) is 3.76. The lowest BCUT2D eigenvalue weighted by Crippen LogP contribution is -1.71. The molecule has 0 aliphatic heterocycles. The van der Waals surface area contributed by atoms with Gasteiger partial charge in [-0.2, -0.15) is 0 Å². The lowest BCUT2D eigenvalue weighted by Gasteiger charge is -1.87. The van der Waals surface area contributed by atoms with Crippen LogP contribution in [-0.4, -0.2) is 13.4 Å². The van der Waals surface area contributed by atoms with Gasteiger partial charge in [-0.1, -0.05) is 11.6 Å². The summed E-state index contributed by atoms with van der Waals surface area (Å²) in [5.41, 5.74) is 0.774. The number of nitrogens with one attached hydrogen (secondary N) is 1. The minimum Gasteiger partial charge on any atom is -0.359 e. The van der Waals surface area contributed by atoms with Crippen molar-refractivity contribution in [2.75, 3.05) is 0 Å². The molecule has 2 heterocycles. The molecular formula is C8H6ClNO2S2. The Kier molecular flexibility index (Phi) is 2.62. The summed E-state index contributed by atoms with van der Waals surface area (Å²) in [4.78, 5) is 4.10. The van der Waals surface area contributed by atoms with Crippen LogP contribution in [0.25, 0.3) is 10.6 Å². The molecule has 0 unspecified atom stereocenters. The van der Waals surface area contributed by atoms with Gasteiger partial charge in [0, 0.05) is 11.6 Å². The van der Waals surface area contributed by atoms with Crippen LogP contribution in [0.5, 0.6) is 0 Å². The van der Waals surface area contributed by atoms with Gasteiger partial charge in [0.15, 0.2) is 10.7 Å². The van der Waals surface area contributed by atoms with E-state index in [2.05, 4.69) is 4.98 Å². The highest BCUT2D eigenvalue weighted by molar-refractivity contribution is 7.72. The Hall–Kier alpha value is -0.780. The van der Waals surface area contributed by atoms with Gasteiger partial charge in [0.1, 0.15) is 0 Å². The van der Waals surface area contributed by atoms with Crippen molar-refractivity contribution in [2.24, 2.45) is 0 Å². The van der Waals surface area contributed by atoms with E-state index in [-0.39, 0.29) is 0 Å². The average molecular weight is 248 g/mol. The van der Waals surface area contributed by atoms with E-state index in [0.29, 0.717) is 9.92 Å². The maximum atomic E-state index is 10.6. The number of thiol groups is 1. The van der Waals surface area contributed by atoms with Crippen LogP contribution in [0.1, 0.15) is 0 Å². The molecule has 0 bridgehead atoms. The maximum Gasteiger partial charge on any atom is 0.169 e. The van der Waals surface area contributed by atoms with E-state index in [1.165, 1.54) is 17.5 Å². The number of hydrogen-bond acceptors (Lipinski definition) is 3.